The third kappa shape index (κ3) is 1.37. The summed E-state index contributed by atoms with van der Waals surface area (Å²) < 4.78 is 5.55. The first-order chi connectivity index (χ1) is 7.33. The number of nitrogens with two attached hydrogens (primary N) is 1. The lowest BCUT2D eigenvalue weighted by atomic mass is 10.3. The van der Waals surface area contributed by atoms with Crippen LogP contribution >= 0.6 is 11.3 Å². The molecular formula is C10H7N3OS. The topological polar surface area (TPSA) is 64.9 Å². The van der Waals surface area contributed by atoms with Crippen LogP contribution in [0.3, 0.4) is 0 Å². The predicted octanol–water partition coefficient (Wildman–Crippen LogP) is 2.53. The number of nitrogens with zero attached hydrogens (tertiary/aromatic N) is 2. The van der Waals surface area contributed by atoms with E-state index in [-0.39, 0.29) is 0 Å². The lowest BCUT2D eigenvalue weighted by Crippen LogP contribution is -1.81. The van der Waals surface area contributed by atoms with E-state index in [0.717, 1.165) is 11.2 Å². The Balaban J connectivity index is 2.22. The molecular weight excluding hydrogens is 210 g/mol. The minimum Gasteiger partial charge on any atom is -0.435 e. The molecule has 0 aliphatic heterocycles. The van der Waals surface area contributed by atoms with E-state index < -0.39 is 0 Å². The van der Waals surface area contributed by atoms with Crippen LogP contribution < -0.4 is 5.73 Å². The van der Waals surface area contributed by atoms with Crippen molar-refractivity contribution in [3.63, 3.8) is 0 Å². The summed E-state index contributed by atoms with van der Waals surface area (Å²) >= 11 is 1.51. The summed E-state index contributed by atoms with van der Waals surface area (Å²) in [6, 6.07) is 5.40. The van der Waals surface area contributed by atoms with Gasteiger partial charge in [0.2, 0.25) is 5.89 Å². The average Bonchev–Trinajstić information content (AvgIpc) is 2.84. The Morgan fingerprint density at radius 2 is 2.27 bits per heavy atom. The zero-order valence-electron chi connectivity index (χ0n) is 7.68. The van der Waals surface area contributed by atoms with Crippen LogP contribution in [-0.2, 0) is 0 Å². The van der Waals surface area contributed by atoms with E-state index in [2.05, 4.69) is 9.97 Å². The van der Waals surface area contributed by atoms with Crippen molar-refractivity contribution in [2.45, 2.75) is 0 Å². The summed E-state index contributed by atoms with van der Waals surface area (Å²) in [4.78, 5) is 8.45. The van der Waals surface area contributed by atoms with Gasteiger partial charge in [-0.25, -0.2) is 9.97 Å². The van der Waals surface area contributed by atoms with Gasteiger partial charge < -0.3 is 10.2 Å². The fraction of sp³-hybridized carbons (Fsp3) is 0. The molecule has 0 aliphatic carbocycles. The van der Waals surface area contributed by atoms with Gasteiger partial charge in [-0.2, -0.15) is 0 Å². The number of thiazole rings is 1. The molecule has 0 radical (unpaired) electrons. The fourth-order valence-corrected chi connectivity index (χ4v) is 1.89. The number of nitrogen functional groups attached to an aromatic ring is 1. The maximum absolute atomic E-state index is 5.65. The molecule has 2 aromatic heterocycles. The van der Waals surface area contributed by atoms with E-state index in [1.54, 1.807) is 17.6 Å². The number of anilines is 1. The molecule has 74 valence electrons. The summed E-state index contributed by atoms with van der Waals surface area (Å²) in [6.07, 6.45) is 0. The first-order valence-electron chi connectivity index (χ1n) is 4.37. The smallest absolute Gasteiger partial charge is 0.247 e. The van der Waals surface area contributed by atoms with E-state index in [1.165, 1.54) is 11.3 Å². The van der Waals surface area contributed by atoms with Gasteiger partial charge in [0.25, 0.3) is 0 Å². The van der Waals surface area contributed by atoms with Crippen molar-refractivity contribution in [3.05, 3.63) is 29.1 Å². The first kappa shape index (κ1) is 8.43. The predicted molar refractivity (Wildman–Crippen MR) is 59.5 cm³/mol. The lowest BCUT2D eigenvalue weighted by molar-refractivity contribution is 0.617. The van der Waals surface area contributed by atoms with Crippen LogP contribution in [0.25, 0.3) is 22.7 Å². The Morgan fingerprint density at radius 3 is 3.07 bits per heavy atom. The summed E-state index contributed by atoms with van der Waals surface area (Å²) in [6.45, 7) is 0. The zero-order valence-corrected chi connectivity index (χ0v) is 8.49. The van der Waals surface area contributed by atoms with Crippen LogP contribution in [0.1, 0.15) is 0 Å². The second-order valence-corrected chi connectivity index (χ2v) is 3.84. The van der Waals surface area contributed by atoms with Crippen molar-refractivity contribution in [3.8, 4) is 11.6 Å². The van der Waals surface area contributed by atoms with Crippen molar-refractivity contribution < 1.29 is 4.42 Å². The van der Waals surface area contributed by atoms with Crippen LogP contribution in [0.5, 0.6) is 0 Å². The van der Waals surface area contributed by atoms with Crippen LogP contribution in [0, 0.1) is 0 Å². The largest absolute Gasteiger partial charge is 0.435 e. The summed E-state index contributed by atoms with van der Waals surface area (Å²) in [5, 5.41) is 1.90. The van der Waals surface area contributed by atoms with Crippen molar-refractivity contribution in [2.24, 2.45) is 0 Å². The Kier molecular flexibility index (Phi) is 1.72. The molecule has 0 spiro atoms. The number of benzene rings is 1. The van der Waals surface area contributed by atoms with E-state index in [9.17, 15) is 0 Å². The SMILES string of the molecule is Nc1ccc2nc(-c3cscn3)oc2c1. The van der Waals surface area contributed by atoms with Crippen molar-refractivity contribution >= 4 is 28.1 Å². The molecule has 0 bridgehead atoms. The van der Waals surface area contributed by atoms with E-state index in [0.29, 0.717) is 17.2 Å². The third-order valence-electron chi connectivity index (χ3n) is 2.06. The molecule has 0 atom stereocenters. The van der Waals surface area contributed by atoms with E-state index in [4.69, 9.17) is 10.2 Å². The number of hydrogen-bond donors (Lipinski definition) is 1. The molecule has 5 heteroatoms. The number of aromatic nitrogens is 2. The van der Waals surface area contributed by atoms with Crippen molar-refractivity contribution in [2.75, 3.05) is 5.73 Å². The Hall–Kier alpha value is -1.88. The van der Waals surface area contributed by atoms with Crippen LogP contribution in [0.15, 0.2) is 33.5 Å². The highest BCUT2D eigenvalue weighted by Gasteiger charge is 2.09. The normalized spacial score (nSPS) is 10.9. The average molecular weight is 217 g/mol. The minimum absolute atomic E-state index is 0.539. The molecule has 3 aromatic rings. The van der Waals surface area contributed by atoms with Gasteiger partial charge in [-0.3, -0.25) is 0 Å². The highest BCUT2D eigenvalue weighted by Crippen LogP contribution is 2.24. The Morgan fingerprint density at radius 1 is 1.33 bits per heavy atom. The van der Waals surface area contributed by atoms with Crippen LogP contribution in [0.2, 0.25) is 0 Å². The minimum atomic E-state index is 0.539. The second kappa shape index (κ2) is 3.06. The van der Waals surface area contributed by atoms with E-state index in [1.807, 2.05) is 11.4 Å². The van der Waals surface area contributed by atoms with Gasteiger partial charge in [0, 0.05) is 17.1 Å². The number of fused-ring (bicyclic) bond motifs is 1. The van der Waals surface area contributed by atoms with Gasteiger partial charge in [-0.1, -0.05) is 0 Å². The Bertz CT molecular complexity index is 600. The zero-order chi connectivity index (χ0) is 10.3. The lowest BCUT2D eigenvalue weighted by Gasteiger charge is -1.88. The molecule has 2 N–H and O–H groups in total. The molecule has 4 nitrogen and oxygen atoms in total. The highest BCUT2D eigenvalue weighted by molar-refractivity contribution is 7.07. The van der Waals surface area contributed by atoms with Crippen LogP contribution in [0.4, 0.5) is 5.69 Å². The summed E-state index contributed by atoms with van der Waals surface area (Å²) in [5.41, 5.74) is 10.3. The van der Waals surface area contributed by atoms with Crippen molar-refractivity contribution in [1.82, 2.24) is 9.97 Å². The van der Waals surface area contributed by atoms with Gasteiger partial charge in [0.05, 0.1) is 5.51 Å². The second-order valence-electron chi connectivity index (χ2n) is 3.12. The van der Waals surface area contributed by atoms with Gasteiger partial charge in [-0.05, 0) is 12.1 Å². The number of rotatable bonds is 1. The van der Waals surface area contributed by atoms with Crippen molar-refractivity contribution in [1.29, 1.82) is 0 Å². The number of hydrogen-bond acceptors (Lipinski definition) is 5. The van der Waals surface area contributed by atoms with Gasteiger partial charge >= 0.3 is 0 Å². The molecule has 0 fully saturated rings. The monoisotopic (exact) mass is 217 g/mol. The van der Waals surface area contributed by atoms with E-state index >= 15 is 0 Å². The molecule has 3 rings (SSSR count). The summed E-state index contributed by atoms with van der Waals surface area (Å²) in [7, 11) is 0. The van der Waals surface area contributed by atoms with Gasteiger partial charge in [0.1, 0.15) is 11.2 Å². The molecule has 0 saturated heterocycles. The summed E-state index contributed by atoms with van der Waals surface area (Å²) in [5.74, 6) is 0.539. The fourth-order valence-electron chi connectivity index (χ4n) is 1.37. The molecule has 0 amide bonds. The standard InChI is InChI=1S/C10H7N3OS/c11-6-1-2-7-9(3-6)14-10(13-7)8-4-15-5-12-8/h1-5H,11H2. The highest BCUT2D eigenvalue weighted by atomic mass is 32.1. The Labute approximate surface area is 89.4 Å². The quantitative estimate of drug-likeness (QED) is 0.636. The molecule has 1 aromatic carbocycles. The first-order valence-corrected chi connectivity index (χ1v) is 5.32. The van der Waals surface area contributed by atoms with Gasteiger partial charge in [0.15, 0.2) is 5.58 Å². The van der Waals surface area contributed by atoms with Crippen LogP contribution in [-0.4, -0.2) is 9.97 Å². The number of oxazole rings is 1. The molecule has 0 aliphatic rings. The molecule has 0 unspecified atom stereocenters. The van der Waals surface area contributed by atoms with Gasteiger partial charge in [-0.15, -0.1) is 11.3 Å². The third-order valence-corrected chi connectivity index (χ3v) is 2.65. The molecule has 15 heavy (non-hydrogen) atoms. The molecule has 2 heterocycles. The molecule has 0 saturated carbocycles. The maximum atomic E-state index is 5.65. The maximum Gasteiger partial charge on any atom is 0.247 e.